The number of halogens is 1. The lowest BCUT2D eigenvalue weighted by Gasteiger charge is -2.36. The number of benzene rings is 1. The number of carbonyl (C=O) groups is 2. The number of hydrogen-bond acceptors (Lipinski definition) is 4. The Morgan fingerprint density at radius 1 is 1.00 bits per heavy atom. The van der Waals surface area contributed by atoms with Crippen molar-refractivity contribution in [1.29, 1.82) is 0 Å². The quantitative estimate of drug-likeness (QED) is 0.560. The summed E-state index contributed by atoms with van der Waals surface area (Å²) in [6, 6.07) is 10.5. The summed E-state index contributed by atoms with van der Waals surface area (Å²) < 4.78 is 0. The number of para-hydroxylation sites is 1. The monoisotopic (exact) mass is 403 g/mol. The van der Waals surface area contributed by atoms with Gasteiger partial charge in [-0.1, -0.05) is 30.4 Å². The lowest BCUT2D eigenvalue weighted by molar-refractivity contribution is -0.141. The van der Waals surface area contributed by atoms with Gasteiger partial charge in [-0.05, 0) is 44.9 Å². The van der Waals surface area contributed by atoms with Gasteiger partial charge in [0.2, 0.25) is 11.8 Å². The number of hydrogen-bond donors (Lipinski definition) is 0. The summed E-state index contributed by atoms with van der Waals surface area (Å²) in [5, 5.41) is 0. The van der Waals surface area contributed by atoms with E-state index >= 15 is 0 Å². The first-order valence-corrected chi connectivity index (χ1v) is 10.1. The lowest BCUT2D eigenvalue weighted by Crippen LogP contribution is -2.47. The maximum Gasteiger partial charge on any atom is 0.236 e. The van der Waals surface area contributed by atoms with E-state index in [-0.39, 0.29) is 30.1 Å². The van der Waals surface area contributed by atoms with Crippen molar-refractivity contribution in [3.63, 3.8) is 0 Å². The zero-order valence-corrected chi connectivity index (χ0v) is 17.4. The van der Waals surface area contributed by atoms with Gasteiger partial charge in [0.15, 0.2) is 0 Å². The molecule has 2 fully saturated rings. The fourth-order valence-corrected chi connectivity index (χ4v) is 4.70. The van der Waals surface area contributed by atoms with Gasteiger partial charge in [-0.25, -0.2) is 0 Å². The number of rotatable bonds is 5. The summed E-state index contributed by atoms with van der Waals surface area (Å²) in [7, 11) is 0. The molecule has 0 saturated carbocycles. The Labute approximate surface area is 173 Å². The molecule has 2 amide bonds. The molecule has 0 bridgehead atoms. The van der Waals surface area contributed by atoms with Gasteiger partial charge in [-0.3, -0.25) is 19.4 Å². The Hall–Kier alpha value is -1.85. The Morgan fingerprint density at radius 3 is 2.39 bits per heavy atom. The van der Waals surface area contributed by atoms with Crippen LogP contribution in [0.2, 0.25) is 0 Å². The third-order valence-electron chi connectivity index (χ3n) is 6.50. The third-order valence-corrected chi connectivity index (χ3v) is 6.50. The van der Waals surface area contributed by atoms with Crippen molar-refractivity contribution in [3.8, 4) is 0 Å². The normalized spacial score (nSPS) is 27.7. The number of allylic oxidation sites excluding steroid dienone is 2. The van der Waals surface area contributed by atoms with Gasteiger partial charge in [0, 0.05) is 38.4 Å². The van der Waals surface area contributed by atoms with Gasteiger partial charge in [-0.15, -0.1) is 12.4 Å². The van der Waals surface area contributed by atoms with E-state index in [2.05, 4.69) is 40.1 Å². The standard InChI is InChI=1S/C22H29N3O2.ClH/c1-22-11-6-5-10-19(22)20(26)25(21(22)27)13-7-12-23-14-16-24(17-15-23)18-8-3-2-4-9-18;/h2-6,8-9,19H,7,10-17H2,1H3;1H. The molecule has 0 N–H and O–H groups in total. The Bertz CT molecular complexity index is 731. The second kappa shape index (κ2) is 8.66. The average molecular weight is 404 g/mol. The van der Waals surface area contributed by atoms with Crippen LogP contribution in [0.3, 0.4) is 0 Å². The van der Waals surface area contributed by atoms with Crippen LogP contribution >= 0.6 is 12.4 Å². The van der Waals surface area contributed by atoms with E-state index < -0.39 is 5.41 Å². The molecule has 1 aliphatic carbocycles. The van der Waals surface area contributed by atoms with Crippen LogP contribution in [0, 0.1) is 11.3 Å². The first-order valence-electron chi connectivity index (χ1n) is 10.1. The molecule has 2 saturated heterocycles. The predicted molar refractivity (Wildman–Crippen MR) is 114 cm³/mol. The van der Waals surface area contributed by atoms with Crippen molar-refractivity contribution in [1.82, 2.24) is 9.80 Å². The van der Waals surface area contributed by atoms with Gasteiger partial charge in [0.25, 0.3) is 0 Å². The number of likely N-dealkylation sites (tertiary alicyclic amines) is 1. The summed E-state index contributed by atoms with van der Waals surface area (Å²) >= 11 is 0. The van der Waals surface area contributed by atoms with Crippen molar-refractivity contribution in [2.75, 3.05) is 44.2 Å². The minimum absolute atomic E-state index is 0. The van der Waals surface area contributed by atoms with Gasteiger partial charge in [0.05, 0.1) is 11.3 Å². The summed E-state index contributed by atoms with van der Waals surface area (Å²) in [5.74, 6) is -0.0686. The number of carbonyl (C=O) groups excluding carboxylic acids is 2. The molecule has 0 aromatic heterocycles. The van der Waals surface area contributed by atoms with E-state index in [1.165, 1.54) is 10.6 Å². The number of imide groups is 1. The maximum atomic E-state index is 12.8. The molecule has 0 spiro atoms. The molecule has 4 rings (SSSR count). The van der Waals surface area contributed by atoms with Crippen LogP contribution in [0.5, 0.6) is 0 Å². The number of nitrogens with zero attached hydrogens (tertiary/aromatic N) is 3. The van der Waals surface area contributed by atoms with Crippen LogP contribution in [0.1, 0.15) is 26.2 Å². The van der Waals surface area contributed by atoms with Crippen LogP contribution in [0.4, 0.5) is 5.69 Å². The van der Waals surface area contributed by atoms with E-state index in [4.69, 9.17) is 0 Å². The van der Waals surface area contributed by atoms with E-state index in [0.29, 0.717) is 19.4 Å². The van der Waals surface area contributed by atoms with Crippen molar-refractivity contribution in [2.45, 2.75) is 26.2 Å². The number of piperazine rings is 1. The van der Waals surface area contributed by atoms with Crippen LogP contribution in [0.25, 0.3) is 0 Å². The van der Waals surface area contributed by atoms with E-state index in [9.17, 15) is 9.59 Å². The second-order valence-electron chi connectivity index (χ2n) is 8.19. The van der Waals surface area contributed by atoms with Crippen LogP contribution in [0.15, 0.2) is 42.5 Å². The molecule has 1 aromatic rings. The highest BCUT2D eigenvalue weighted by molar-refractivity contribution is 6.07. The molecular formula is C22H30ClN3O2. The first kappa shape index (κ1) is 20.9. The topological polar surface area (TPSA) is 43.9 Å². The summed E-state index contributed by atoms with van der Waals surface area (Å²) in [6.45, 7) is 7.57. The summed E-state index contributed by atoms with van der Waals surface area (Å²) in [4.78, 5) is 31.9. The van der Waals surface area contributed by atoms with E-state index in [1.54, 1.807) is 0 Å². The minimum atomic E-state index is -0.507. The molecule has 2 heterocycles. The molecule has 2 unspecified atom stereocenters. The number of amides is 2. The SMILES string of the molecule is CC12CC=CCC1C(=O)N(CCCN1CCN(c3ccccc3)CC1)C2=O.Cl. The first-order chi connectivity index (χ1) is 13.1. The minimum Gasteiger partial charge on any atom is -0.369 e. The molecular weight excluding hydrogens is 374 g/mol. The molecule has 152 valence electrons. The van der Waals surface area contributed by atoms with Crippen molar-refractivity contribution in [2.24, 2.45) is 11.3 Å². The molecule has 1 aromatic carbocycles. The average Bonchev–Trinajstić information content (AvgIpc) is 2.90. The van der Waals surface area contributed by atoms with E-state index in [1.807, 2.05) is 19.1 Å². The molecule has 6 heteroatoms. The Morgan fingerprint density at radius 2 is 1.71 bits per heavy atom. The van der Waals surface area contributed by atoms with Crippen LogP contribution in [-0.2, 0) is 9.59 Å². The van der Waals surface area contributed by atoms with Gasteiger partial charge >= 0.3 is 0 Å². The van der Waals surface area contributed by atoms with Crippen LogP contribution < -0.4 is 4.90 Å². The second-order valence-corrected chi connectivity index (χ2v) is 8.19. The smallest absolute Gasteiger partial charge is 0.236 e. The molecule has 28 heavy (non-hydrogen) atoms. The van der Waals surface area contributed by atoms with Crippen molar-refractivity contribution < 1.29 is 9.59 Å². The summed E-state index contributed by atoms with van der Waals surface area (Å²) in [6.07, 6.45) is 6.36. The zero-order valence-electron chi connectivity index (χ0n) is 16.5. The predicted octanol–water partition coefficient (Wildman–Crippen LogP) is 2.96. The van der Waals surface area contributed by atoms with Gasteiger partial charge in [0.1, 0.15) is 0 Å². The van der Waals surface area contributed by atoms with Crippen molar-refractivity contribution >= 4 is 29.9 Å². The molecule has 3 aliphatic rings. The van der Waals surface area contributed by atoms with Gasteiger partial charge in [-0.2, -0.15) is 0 Å². The molecule has 2 aliphatic heterocycles. The molecule has 5 nitrogen and oxygen atoms in total. The fraction of sp³-hybridized carbons (Fsp3) is 0.545. The summed E-state index contributed by atoms with van der Waals surface area (Å²) in [5.41, 5.74) is 0.780. The highest BCUT2D eigenvalue weighted by atomic mass is 35.5. The fourth-order valence-electron chi connectivity index (χ4n) is 4.70. The van der Waals surface area contributed by atoms with E-state index in [0.717, 1.165) is 39.1 Å². The Balaban J connectivity index is 0.00000225. The van der Waals surface area contributed by atoms with Crippen LogP contribution in [-0.4, -0.2) is 60.9 Å². The third kappa shape index (κ3) is 3.83. The largest absolute Gasteiger partial charge is 0.369 e. The van der Waals surface area contributed by atoms with Gasteiger partial charge < -0.3 is 4.90 Å². The highest BCUT2D eigenvalue weighted by Crippen LogP contribution is 2.45. The molecule has 2 atom stereocenters. The Kier molecular flexibility index (Phi) is 6.46. The molecule has 0 radical (unpaired) electrons. The van der Waals surface area contributed by atoms with Crippen molar-refractivity contribution in [3.05, 3.63) is 42.5 Å². The zero-order chi connectivity index (χ0) is 18.9. The maximum absolute atomic E-state index is 12.8. The highest BCUT2D eigenvalue weighted by Gasteiger charge is 2.55. The number of anilines is 1. The lowest BCUT2D eigenvalue weighted by atomic mass is 9.72. The number of fused-ring (bicyclic) bond motifs is 1.